The maximum absolute atomic E-state index is 5.99. The maximum atomic E-state index is 5.99. The number of aromatic nitrogens is 1. The van der Waals surface area contributed by atoms with E-state index in [-0.39, 0.29) is 6.04 Å². The van der Waals surface area contributed by atoms with Crippen LogP contribution in [-0.4, -0.2) is 23.7 Å². The molecule has 0 bridgehead atoms. The minimum absolute atomic E-state index is 0.279. The van der Waals surface area contributed by atoms with E-state index in [1.54, 1.807) is 12.5 Å². The lowest BCUT2D eigenvalue weighted by molar-refractivity contribution is 0.00769. The van der Waals surface area contributed by atoms with Crippen LogP contribution in [0.3, 0.4) is 0 Å². The highest BCUT2D eigenvalue weighted by Gasteiger charge is 2.22. The molecule has 3 N–H and O–H groups in total. The fraction of sp³-hybridized carbons (Fsp3) is 0.500. The first-order valence-corrected chi connectivity index (χ1v) is 6.77. The topological polar surface area (TPSA) is 73.3 Å². The highest BCUT2D eigenvalue weighted by atomic mass is 16.5. The second kappa shape index (κ2) is 5.09. The molecule has 0 aliphatic carbocycles. The van der Waals surface area contributed by atoms with Crippen LogP contribution in [0.2, 0.25) is 0 Å². The molecule has 5 heteroatoms. The molecule has 3 heterocycles. The van der Waals surface area contributed by atoms with Crippen molar-refractivity contribution < 1.29 is 9.15 Å². The highest BCUT2D eigenvalue weighted by molar-refractivity contribution is 5.92. The number of anilines is 2. The lowest BCUT2D eigenvalue weighted by Crippen LogP contribution is -2.34. The molecule has 19 heavy (non-hydrogen) atoms. The fourth-order valence-electron chi connectivity index (χ4n) is 2.52. The third-order valence-electron chi connectivity index (χ3n) is 3.68. The molecule has 2 aromatic rings. The number of pyridine rings is 1. The van der Waals surface area contributed by atoms with Crippen LogP contribution in [0.5, 0.6) is 0 Å². The molecule has 0 spiro atoms. The summed E-state index contributed by atoms with van der Waals surface area (Å²) < 4.78 is 11.3. The van der Waals surface area contributed by atoms with Gasteiger partial charge in [-0.3, -0.25) is 4.98 Å². The molecule has 0 aromatic carbocycles. The van der Waals surface area contributed by atoms with Gasteiger partial charge in [-0.15, -0.1) is 0 Å². The minimum atomic E-state index is 0.279. The monoisotopic (exact) mass is 261 g/mol. The molecule has 2 aromatic heterocycles. The summed E-state index contributed by atoms with van der Waals surface area (Å²) in [6.45, 7) is 2.87. The largest absolute Gasteiger partial charge is 0.460 e. The number of fused-ring (bicyclic) bond motifs is 1. The number of nitrogens with two attached hydrogens (primary N) is 1. The molecule has 102 valence electrons. The summed E-state index contributed by atoms with van der Waals surface area (Å²) >= 11 is 0. The van der Waals surface area contributed by atoms with Crippen molar-refractivity contribution in [3.63, 3.8) is 0 Å². The quantitative estimate of drug-likeness (QED) is 0.888. The Bertz CT molecular complexity index is 559. The Labute approximate surface area is 112 Å². The van der Waals surface area contributed by atoms with Gasteiger partial charge in [0, 0.05) is 12.1 Å². The lowest BCUT2D eigenvalue weighted by Gasteiger charge is -2.29. The Morgan fingerprint density at radius 2 is 2.37 bits per heavy atom. The van der Waals surface area contributed by atoms with Crippen molar-refractivity contribution in [1.29, 1.82) is 0 Å². The molecule has 0 saturated carbocycles. The molecule has 5 nitrogen and oxygen atoms in total. The van der Waals surface area contributed by atoms with E-state index in [0.717, 1.165) is 36.0 Å². The first-order valence-electron chi connectivity index (χ1n) is 6.77. The number of hydrogen-bond acceptors (Lipinski definition) is 5. The third kappa shape index (κ3) is 2.38. The van der Waals surface area contributed by atoms with Crippen LogP contribution in [0.4, 0.5) is 11.4 Å². The zero-order chi connectivity index (χ0) is 13.2. The summed E-state index contributed by atoms with van der Waals surface area (Å²) in [5, 5.41) is 3.44. The van der Waals surface area contributed by atoms with Gasteiger partial charge in [-0.1, -0.05) is 6.92 Å². The van der Waals surface area contributed by atoms with Crippen molar-refractivity contribution in [1.82, 2.24) is 4.98 Å². The fourth-order valence-corrected chi connectivity index (χ4v) is 2.52. The van der Waals surface area contributed by atoms with E-state index >= 15 is 0 Å². The van der Waals surface area contributed by atoms with Crippen LogP contribution in [0.15, 0.2) is 22.9 Å². The molecular weight excluding hydrogens is 242 g/mol. The predicted molar refractivity (Wildman–Crippen MR) is 75.1 cm³/mol. The van der Waals surface area contributed by atoms with Gasteiger partial charge < -0.3 is 20.2 Å². The van der Waals surface area contributed by atoms with E-state index in [2.05, 4.69) is 17.2 Å². The van der Waals surface area contributed by atoms with Gasteiger partial charge in [0.05, 0.1) is 30.9 Å². The van der Waals surface area contributed by atoms with Gasteiger partial charge in [0.15, 0.2) is 5.58 Å². The van der Waals surface area contributed by atoms with Gasteiger partial charge >= 0.3 is 0 Å². The Morgan fingerprint density at radius 3 is 3.11 bits per heavy atom. The number of furan rings is 1. The Hall–Kier alpha value is -1.75. The van der Waals surface area contributed by atoms with Crippen molar-refractivity contribution in [3.05, 3.63) is 18.5 Å². The molecule has 2 atom stereocenters. The molecule has 1 aliphatic rings. The van der Waals surface area contributed by atoms with Crippen molar-refractivity contribution in [3.8, 4) is 0 Å². The van der Waals surface area contributed by atoms with Crippen LogP contribution in [0, 0.1) is 0 Å². The van der Waals surface area contributed by atoms with Gasteiger partial charge in [0.25, 0.3) is 0 Å². The molecule has 1 fully saturated rings. The summed E-state index contributed by atoms with van der Waals surface area (Å²) in [4.78, 5) is 4.23. The molecule has 0 unspecified atom stereocenters. The van der Waals surface area contributed by atoms with Crippen LogP contribution in [-0.2, 0) is 4.74 Å². The first-order chi connectivity index (χ1) is 9.28. The zero-order valence-corrected chi connectivity index (χ0v) is 11.1. The van der Waals surface area contributed by atoms with Crippen LogP contribution in [0.25, 0.3) is 11.1 Å². The average molecular weight is 261 g/mol. The van der Waals surface area contributed by atoms with Crippen molar-refractivity contribution in [2.75, 3.05) is 17.7 Å². The summed E-state index contributed by atoms with van der Waals surface area (Å²) in [5.41, 5.74) is 8.97. The van der Waals surface area contributed by atoms with Crippen LogP contribution >= 0.6 is 0 Å². The standard InChI is InChI=1S/C14H19N3O2/c1-2-10-4-3-9(8-19-10)17-13-11(15)7-16-12-5-6-18-14(12)13/h5-7,9-10H,2-4,8,15H2,1H3,(H,16,17)/t9-,10-/m0/s1. The number of nitrogens with one attached hydrogen (secondary N) is 1. The predicted octanol–water partition coefficient (Wildman–Crippen LogP) is 2.78. The Morgan fingerprint density at radius 1 is 1.47 bits per heavy atom. The normalized spacial score (nSPS) is 23.6. The molecule has 0 amide bonds. The smallest absolute Gasteiger partial charge is 0.177 e. The van der Waals surface area contributed by atoms with E-state index in [1.165, 1.54) is 0 Å². The summed E-state index contributed by atoms with van der Waals surface area (Å²) in [5.74, 6) is 0. The van der Waals surface area contributed by atoms with E-state index in [4.69, 9.17) is 14.9 Å². The number of nitrogens with zero attached hydrogens (tertiary/aromatic N) is 1. The van der Waals surface area contributed by atoms with Crippen molar-refractivity contribution >= 4 is 22.5 Å². The third-order valence-corrected chi connectivity index (χ3v) is 3.68. The number of ether oxygens (including phenoxy) is 1. The van der Waals surface area contributed by atoms with E-state index in [9.17, 15) is 0 Å². The van der Waals surface area contributed by atoms with Gasteiger partial charge in [-0.25, -0.2) is 0 Å². The summed E-state index contributed by atoms with van der Waals surface area (Å²) in [7, 11) is 0. The van der Waals surface area contributed by atoms with Gasteiger partial charge in [-0.2, -0.15) is 0 Å². The Balaban J connectivity index is 1.78. The maximum Gasteiger partial charge on any atom is 0.177 e. The van der Waals surface area contributed by atoms with Gasteiger partial charge in [0.1, 0.15) is 11.2 Å². The van der Waals surface area contributed by atoms with E-state index in [1.807, 2.05) is 6.07 Å². The van der Waals surface area contributed by atoms with E-state index < -0.39 is 0 Å². The van der Waals surface area contributed by atoms with Crippen LogP contribution < -0.4 is 11.1 Å². The second-order valence-electron chi connectivity index (χ2n) is 5.01. The Kier molecular flexibility index (Phi) is 3.29. The van der Waals surface area contributed by atoms with Crippen LogP contribution in [0.1, 0.15) is 26.2 Å². The average Bonchev–Trinajstić information content (AvgIpc) is 2.91. The highest BCUT2D eigenvalue weighted by Crippen LogP contribution is 2.30. The molecule has 0 radical (unpaired) electrons. The summed E-state index contributed by atoms with van der Waals surface area (Å²) in [6, 6.07) is 2.12. The molecule has 3 rings (SSSR count). The lowest BCUT2D eigenvalue weighted by atomic mass is 10.0. The molecule has 1 saturated heterocycles. The molecule has 1 aliphatic heterocycles. The van der Waals surface area contributed by atoms with Crippen molar-refractivity contribution in [2.24, 2.45) is 0 Å². The van der Waals surface area contributed by atoms with Gasteiger partial charge in [-0.05, 0) is 19.3 Å². The summed E-state index contributed by atoms with van der Waals surface area (Å²) in [6.07, 6.45) is 6.94. The van der Waals surface area contributed by atoms with Crippen molar-refractivity contribution in [2.45, 2.75) is 38.3 Å². The number of hydrogen-bond donors (Lipinski definition) is 2. The molecular formula is C14H19N3O2. The minimum Gasteiger partial charge on any atom is -0.460 e. The van der Waals surface area contributed by atoms with Gasteiger partial charge in [0.2, 0.25) is 0 Å². The first kappa shape index (κ1) is 12.3. The second-order valence-corrected chi connectivity index (χ2v) is 5.01. The number of nitrogen functional groups attached to an aromatic ring is 1. The van der Waals surface area contributed by atoms with E-state index in [0.29, 0.717) is 18.4 Å². The zero-order valence-electron chi connectivity index (χ0n) is 11.1. The SMILES string of the molecule is CC[C@H]1CC[C@H](Nc2c(N)cnc3ccoc23)CO1. The number of rotatable bonds is 3.